The van der Waals surface area contributed by atoms with Crippen molar-refractivity contribution in [1.82, 2.24) is 10.2 Å². The average molecular weight is 242 g/mol. The summed E-state index contributed by atoms with van der Waals surface area (Å²) in [5, 5.41) is 3.54. The van der Waals surface area contributed by atoms with E-state index in [1.807, 2.05) is 0 Å². The van der Waals surface area contributed by atoms with Crippen molar-refractivity contribution in [3.63, 3.8) is 0 Å². The quantitative estimate of drug-likeness (QED) is 0.818. The molecule has 0 aliphatic carbocycles. The Hall–Kier alpha value is -0.120. The largest absolute Gasteiger partial charge is 0.367 e. The maximum absolute atomic E-state index is 6.10. The van der Waals surface area contributed by atoms with Gasteiger partial charge in [0, 0.05) is 25.2 Å². The lowest BCUT2D eigenvalue weighted by atomic mass is 9.96. The molecule has 1 fully saturated rings. The highest BCUT2D eigenvalue weighted by molar-refractivity contribution is 4.92. The summed E-state index contributed by atoms with van der Waals surface area (Å²) in [6.45, 7) is 19.5. The van der Waals surface area contributed by atoms with Crippen LogP contribution < -0.4 is 5.32 Å². The zero-order valence-electron chi connectivity index (χ0n) is 12.7. The molecule has 1 saturated heterocycles. The van der Waals surface area contributed by atoms with Crippen molar-refractivity contribution < 1.29 is 4.74 Å². The summed E-state index contributed by atoms with van der Waals surface area (Å²) in [5.74, 6) is 0. The van der Waals surface area contributed by atoms with Gasteiger partial charge < -0.3 is 10.1 Å². The van der Waals surface area contributed by atoms with Gasteiger partial charge in [-0.2, -0.15) is 0 Å². The number of rotatable bonds is 4. The Balaban J connectivity index is 2.65. The maximum Gasteiger partial charge on any atom is 0.0760 e. The van der Waals surface area contributed by atoms with E-state index in [1.165, 1.54) is 0 Å². The molecule has 1 N–H and O–H groups in total. The second kappa shape index (κ2) is 4.87. The van der Waals surface area contributed by atoms with Crippen molar-refractivity contribution >= 4 is 0 Å². The van der Waals surface area contributed by atoms with Gasteiger partial charge in [-0.25, -0.2) is 0 Å². The van der Waals surface area contributed by atoms with Gasteiger partial charge in [-0.05, 0) is 48.1 Å². The molecular weight excluding hydrogens is 212 g/mol. The van der Waals surface area contributed by atoms with Gasteiger partial charge >= 0.3 is 0 Å². The molecule has 0 bridgehead atoms. The number of nitrogens with zero attached hydrogens (tertiary/aromatic N) is 1. The maximum atomic E-state index is 6.10. The Morgan fingerprint density at radius 1 is 1.12 bits per heavy atom. The Kier molecular flexibility index (Phi) is 4.28. The molecule has 3 heteroatoms. The first kappa shape index (κ1) is 14.9. The first-order valence-electron chi connectivity index (χ1n) is 6.73. The van der Waals surface area contributed by atoms with E-state index in [4.69, 9.17) is 4.74 Å². The molecule has 1 heterocycles. The molecule has 0 amide bonds. The number of hydrogen-bond acceptors (Lipinski definition) is 3. The fourth-order valence-electron chi connectivity index (χ4n) is 3.15. The van der Waals surface area contributed by atoms with Crippen LogP contribution in [0.2, 0.25) is 0 Å². The van der Waals surface area contributed by atoms with Gasteiger partial charge in [0.2, 0.25) is 0 Å². The van der Waals surface area contributed by atoms with Crippen LogP contribution in [0.15, 0.2) is 0 Å². The minimum Gasteiger partial charge on any atom is -0.367 e. The van der Waals surface area contributed by atoms with Gasteiger partial charge in [-0.1, -0.05) is 6.92 Å². The van der Waals surface area contributed by atoms with Crippen LogP contribution in [0, 0.1) is 0 Å². The standard InChI is InChI=1S/C14H30N2O/c1-8-15-12(2,3)9-16-10-13(4,5)17-14(6,7)11-16/h15H,8-11H2,1-7H3. The van der Waals surface area contributed by atoms with Crippen LogP contribution in [-0.2, 0) is 4.74 Å². The van der Waals surface area contributed by atoms with Crippen molar-refractivity contribution in [1.29, 1.82) is 0 Å². The van der Waals surface area contributed by atoms with Crippen LogP contribution in [0.5, 0.6) is 0 Å². The van der Waals surface area contributed by atoms with Gasteiger partial charge in [0.25, 0.3) is 0 Å². The highest BCUT2D eigenvalue weighted by Gasteiger charge is 2.39. The van der Waals surface area contributed by atoms with Gasteiger partial charge in [-0.15, -0.1) is 0 Å². The van der Waals surface area contributed by atoms with Crippen molar-refractivity contribution in [2.45, 2.75) is 65.2 Å². The molecule has 0 atom stereocenters. The Bertz CT molecular complexity index is 243. The third kappa shape index (κ3) is 4.94. The third-order valence-corrected chi connectivity index (χ3v) is 3.04. The minimum absolute atomic E-state index is 0.0515. The van der Waals surface area contributed by atoms with Crippen molar-refractivity contribution in [2.75, 3.05) is 26.2 Å². The summed E-state index contributed by atoms with van der Waals surface area (Å²) in [4.78, 5) is 2.52. The lowest BCUT2D eigenvalue weighted by Gasteiger charge is -2.49. The predicted molar refractivity (Wildman–Crippen MR) is 73.4 cm³/mol. The number of hydrogen-bond donors (Lipinski definition) is 1. The zero-order chi connectivity index (χ0) is 13.3. The summed E-state index contributed by atoms with van der Waals surface area (Å²) in [5.41, 5.74) is 0.0618. The number of nitrogens with one attached hydrogen (secondary N) is 1. The third-order valence-electron chi connectivity index (χ3n) is 3.04. The van der Waals surface area contributed by atoms with E-state index < -0.39 is 0 Å². The lowest BCUT2D eigenvalue weighted by molar-refractivity contribution is -0.182. The molecule has 1 rings (SSSR count). The molecule has 1 aliphatic rings. The molecule has 0 spiro atoms. The summed E-state index contributed by atoms with van der Waals surface area (Å²) in [6.07, 6.45) is 0. The van der Waals surface area contributed by atoms with E-state index in [0.29, 0.717) is 0 Å². The molecule has 0 radical (unpaired) electrons. The second-order valence-corrected chi connectivity index (χ2v) is 7.18. The topological polar surface area (TPSA) is 24.5 Å². The molecule has 3 nitrogen and oxygen atoms in total. The first-order chi connectivity index (χ1) is 7.55. The summed E-state index contributed by atoms with van der Waals surface area (Å²) in [6, 6.07) is 0. The molecule has 0 aromatic carbocycles. The van der Waals surface area contributed by atoms with Crippen LogP contribution in [0.1, 0.15) is 48.5 Å². The van der Waals surface area contributed by atoms with Gasteiger partial charge in [0.1, 0.15) is 0 Å². The SMILES string of the molecule is CCNC(C)(C)CN1CC(C)(C)OC(C)(C)C1. The van der Waals surface area contributed by atoms with E-state index in [1.54, 1.807) is 0 Å². The minimum atomic E-state index is -0.0515. The van der Waals surface area contributed by atoms with Crippen molar-refractivity contribution in [3.05, 3.63) is 0 Å². The van der Waals surface area contributed by atoms with E-state index in [2.05, 4.69) is 58.7 Å². The fourth-order valence-corrected chi connectivity index (χ4v) is 3.15. The van der Waals surface area contributed by atoms with Crippen LogP contribution in [0.4, 0.5) is 0 Å². The first-order valence-corrected chi connectivity index (χ1v) is 6.73. The van der Waals surface area contributed by atoms with Crippen molar-refractivity contribution in [2.24, 2.45) is 0 Å². The highest BCUT2D eigenvalue weighted by Crippen LogP contribution is 2.28. The second-order valence-electron chi connectivity index (χ2n) is 7.18. The molecule has 0 aromatic heterocycles. The normalized spacial score (nSPS) is 24.9. The van der Waals surface area contributed by atoms with Crippen LogP contribution in [-0.4, -0.2) is 47.8 Å². The Morgan fingerprint density at radius 2 is 1.59 bits per heavy atom. The van der Waals surface area contributed by atoms with Crippen LogP contribution >= 0.6 is 0 Å². The van der Waals surface area contributed by atoms with E-state index in [-0.39, 0.29) is 16.7 Å². The van der Waals surface area contributed by atoms with Gasteiger partial charge in [0.05, 0.1) is 11.2 Å². The average Bonchev–Trinajstić information content (AvgIpc) is 1.94. The lowest BCUT2D eigenvalue weighted by Crippen LogP contribution is -2.61. The Labute approximate surface area is 107 Å². The summed E-state index contributed by atoms with van der Waals surface area (Å²) < 4.78 is 6.10. The fraction of sp³-hybridized carbons (Fsp3) is 1.00. The van der Waals surface area contributed by atoms with E-state index >= 15 is 0 Å². The van der Waals surface area contributed by atoms with Crippen LogP contribution in [0.3, 0.4) is 0 Å². The number of morpholine rings is 1. The highest BCUT2D eigenvalue weighted by atomic mass is 16.5. The number of ether oxygens (including phenoxy) is 1. The van der Waals surface area contributed by atoms with Crippen LogP contribution in [0.25, 0.3) is 0 Å². The molecule has 102 valence electrons. The molecular formula is C14H30N2O. The smallest absolute Gasteiger partial charge is 0.0760 e. The Morgan fingerprint density at radius 3 is 2.00 bits per heavy atom. The van der Waals surface area contributed by atoms with Crippen molar-refractivity contribution in [3.8, 4) is 0 Å². The summed E-state index contributed by atoms with van der Waals surface area (Å²) in [7, 11) is 0. The van der Waals surface area contributed by atoms with E-state index in [0.717, 1.165) is 26.2 Å². The zero-order valence-corrected chi connectivity index (χ0v) is 12.7. The van der Waals surface area contributed by atoms with Gasteiger partial charge in [0.15, 0.2) is 0 Å². The molecule has 0 aromatic rings. The number of likely N-dealkylation sites (N-methyl/N-ethyl adjacent to an activating group) is 1. The van der Waals surface area contributed by atoms with Gasteiger partial charge in [-0.3, -0.25) is 4.90 Å². The van der Waals surface area contributed by atoms with E-state index in [9.17, 15) is 0 Å². The molecule has 1 aliphatic heterocycles. The predicted octanol–water partition coefficient (Wildman–Crippen LogP) is 2.26. The molecule has 0 saturated carbocycles. The molecule has 17 heavy (non-hydrogen) atoms. The molecule has 0 unspecified atom stereocenters. The summed E-state index contributed by atoms with van der Waals surface area (Å²) >= 11 is 0. The monoisotopic (exact) mass is 242 g/mol.